The molecule has 0 aliphatic heterocycles. The summed E-state index contributed by atoms with van der Waals surface area (Å²) in [5, 5.41) is 19.9. The number of carboxylic acid groups (broad SMARTS) is 1. The molecule has 1 aliphatic carbocycles. The number of hydrogen-bond acceptors (Lipinski definition) is 5. The highest BCUT2D eigenvalue weighted by Crippen LogP contribution is 2.26. The van der Waals surface area contributed by atoms with E-state index >= 15 is 0 Å². The van der Waals surface area contributed by atoms with Crippen LogP contribution >= 0.6 is 11.8 Å². The van der Waals surface area contributed by atoms with Crippen LogP contribution in [0, 0.1) is 0 Å². The van der Waals surface area contributed by atoms with Crippen molar-refractivity contribution in [2.24, 2.45) is 0 Å². The molecule has 1 aromatic heterocycles. The van der Waals surface area contributed by atoms with Crippen LogP contribution in [0.4, 0.5) is 0 Å². The Balaban J connectivity index is 1.65. The molecule has 1 atom stereocenters. The van der Waals surface area contributed by atoms with E-state index in [0.717, 1.165) is 36.6 Å². The van der Waals surface area contributed by atoms with Crippen molar-refractivity contribution in [3.05, 3.63) is 6.33 Å². The van der Waals surface area contributed by atoms with E-state index in [1.165, 1.54) is 6.33 Å². The van der Waals surface area contributed by atoms with Crippen LogP contribution in [0.25, 0.3) is 0 Å². The van der Waals surface area contributed by atoms with Gasteiger partial charge in [-0.25, -0.2) is 4.98 Å². The van der Waals surface area contributed by atoms with Gasteiger partial charge in [-0.15, -0.1) is 0 Å². The van der Waals surface area contributed by atoms with Gasteiger partial charge in [-0.1, -0.05) is 18.2 Å². The summed E-state index contributed by atoms with van der Waals surface area (Å²) in [6.07, 6.45) is 6.22. The highest BCUT2D eigenvalue weighted by Gasteiger charge is 2.37. The molecular formula is C12H20N4O2S. The molecule has 0 aromatic carbocycles. The second kappa shape index (κ2) is 6.38. The second-order valence-corrected chi connectivity index (χ2v) is 6.24. The number of H-pyrrole nitrogens is 1. The van der Waals surface area contributed by atoms with E-state index in [4.69, 9.17) is 0 Å². The number of aromatic nitrogens is 3. The first-order valence-corrected chi connectivity index (χ1v) is 7.58. The van der Waals surface area contributed by atoms with E-state index in [-0.39, 0.29) is 0 Å². The number of nitrogens with one attached hydrogen (secondary N) is 2. The van der Waals surface area contributed by atoms with Crippen LogP contribution < -0.4 is 5.32 Å². The number of hydrogen-bond donors (Lipinski definition) is 3. The number of carboxylic acids is 1. The second-order valence-electron chi connectivity index (χ2n) is 5.15. The molecule has 0 saturated heterocycles. The summed E-state index contributed by atoms with van der Waals surface area (Å²) in [6.45, 7) is 1.79. The van der Waals surface area contributed by atoms with Crippen LogP contribution in [-0.4, -0.2) is 43.6 Å². The molecule has 0 spiro atoms. The molecule has 1 unspecified atom stereocenters. The Labute approximate surface area is 116 Å². The zero-order valence-electron chi connectivity index (χ0n) is 11.1. The summed E-state index contributed by atoms with van der Waals surface area (Å²) < 4.78 is 0. The number of unbranched alkanes of at least 4 members (excludes halogenated alkanes) is 1. The van der Waals surface area contributed by atoms with Crippen molar-refractivity contribution in [2.75, 3.05) is 5.75 Å². The van der Waals surface area contributed by atoms with Crippen LogP contribution in [0.1, 0.15) is 39.0 Å². The number of carbonyl (C=O) groups is 1. The number of aliphatic carboxylic acids is 1. The lowest BCUT2D eigenvalue weighted by Crippen LogP contribution is -2.50. The fourth-order valence-corrected chi connectivity index (χ4v) is 2.71. The molecule has 3 N–H and O–H groups in total. The molecule has 106 valence electrons. The molecule has 1 aliphatic rings. The van der Waals surface area contributed by atoms with Gasteiger partial charge in [-0.05, 0) is 32.6 Å². The minimum atomic E-state index is -0.780. The normalized spacial score (nSPS) is 18.2. The Kier molecular flexibility index (Phi) is 4.81. The van der Waals surface area contributed by atoms with Gasteiger partial charge in [-0.2, -0.15) is 5.10 Å². The maximum absolute atomic E-state index is 11.3. The molecule has 1 heterocycles. The number of aromatic amines is 1. The smallest absolute Gasteiger partial charge is 0.323 e. The zero-order chi connectivity index (χ0) is 13.7. The van der Waals surface area contributed by atoms with Crippen molar-refractivity contribution >= 4 is 17.7 Å². The van der Waals surface area contributed by atoms with Crippen molar-refractivity contribution in [3.63, 3.8) is 0 Å². The van der Waals surface area contributed by atoms with Gasteiger partial charge in [0, 0.05) is 11.8 Å². The summed E-state index contributed by atoms with van der Waals surface area (Å²) >= 11 is 1.62. The van der Waals surface area contributed by atoms with Crippen molar-refractivity contribution in [1.82, 2.24) is 20.5 Å². The largest absolute Gasteiger partial charge is 0.480 e. The maximum atomic E-state index is 11.3. The Morgan fingerprint density at radius 2 is 2.42 bits per heavy atom. The predicted molar refractivity (Wildman–Crippen MR) is 73.2 cm³/mol. The van der Waals surface area contributed by atoms with Crippen molar-refractivity contribution in [1.29, 1.82) is 0 Å². The molecule has 7 heteroatoms. The molecule has 1 aromatic rings. The summed E-state index contributed by atoms with van der Waals surface area (Å²) in [6, 6.07) is 0.407. The van der Waals surface area contributed by atoms with E-state index in [1.54, 1.807) is 18.7 Å². The van der Waals surface area contributed by atoms with Gasteiger partial charge in [0.2, 0.25) is 0 Å². The van der Waals surface area contributed by atoms with E-state index in [0.29, 0.717) is 12.5 Å². The Bertz CT molecular complexity index is 408. The lowest BCUT2D eigenvalue weighted by atomic mass is 9.95. The number of nitrogens with zero attached hydrogens (tertiary/aromatic N) is 2. The molecule has 0 amide bonds. The topological polar surface area (TPSA) is 90.9 Å². The minimum absolute atomic E-state index is 0.407. The van der Waals surface area contributed by atoms with Gasteiger partial charge >= 0.3 is 5.97 Å². The predicted octanol–water partition coefficient (Wildman–Crippen LogP) is 1.66. The molecule has 19 heavy (non-hydrogen) atoms. The van der Waals surface area contributed by atoms with Gasteiger partial charge in [0.05, 0.1) is 0 Å². The number of rotatable bonds is 9. The van der Waals surface area contributed by atoms with Gasteiger partial charge in [0.25, 0.3) is 0 Å². The van der Waals surface area contributed by atoms with E-state index < -0.39 is 11.5 Å². The van der Waals surface area contributed by atoms with Gasteiger partial charge in [0.15, 0.2) is 5.16 Å². The van der Waals surface area contributed by atoms with Crippen LogP contribution in [-0.2, 0) is 4.79 Å². The summed E-state index contributed by atoms with van der Waals surface area (Å²) in [5.41, 5.74) is -0.780. The quantitative estimate of drug-likeness (QED) is 0.472. The third-order valence-electron chi connectivity index (χ3n) is 3.27. The van der Waals surface area contributed by atoms with E-state index in [1.807, 2.05) is 0 Å². The first kappa shape index (κ1) is 14.3. The molecule has 0 radical (unpaired) electrons. The average molecular weight is 284 g/mol. The van der Waals surface area contributed by atoms with Gasteiger partial charge in [0.1, 0.15) is 11.9 Å². The highest BCUT2D eigenvalue weighted by molar-refractivity contribution is 7.99. The third-order valence-corrected chi connectivity index (χ3v) is 4.24. The fraction of sp³-hybridized carbons (Fsp3) is 0.750. The van der Waals surface area contributed by atoms with E-state index in [9.17, 15) is 9.90 Å². The van der Waals surface area contributed by atoms with Crippen molar-refractivity contribution in [3.8, 4) is 0 Å². The average Bonchev–Trinajstić information content (AvgIpc) is 3.02. The van der Waals surface area contributed by atoms with Crippen LogP contribution in [0.3, 0.4) is 0 Å². The van der Waals surface area contributed by atoms with Gasteiger partial charge < -0.3 is 5.11 Å². The number of thioether (sulfide) groups is 1. The summed E-state index contributed by atoms with van der Waals surface area (Å²) in [5.74, 6) is 0.177. The standard InChI is InChI=1S/C12H20N4O2S/c1-12(10(17)18,15-9-4-5-9)6-2-3-7-19-11-13-8-14-16-11/h8-9,15H,2-7H2,1H3,(H,17,18)(H,13,14,16). The molecule has 1 saturated carbocycles. The maximum Gasteiger partial charge on any atom is 0.323 e. The third kappa shape index (κ3) is 4.50. The fourth-order valence-electron chi connectivity index (χ4n) is 1.93. The summed E-state index contributed by atoms with van der Waals surface area (Å²) in [4.78, 5) is 15.4. The summed E-state index contributed by atoms with van der Waals surface area (Å²) in [7, 11) is 0. The first-order valence-electron chi connectivity index (χ1n) is 6.59. The SMILES string of the molecule is CC(CCCCSc1ncn[nH]1)(NC1CC1)C(=O)O. The van der Waals surface area contributed by atoms with Crippen LogP contribution in [0.5, 0.6) is 0 Å². The zero-order valence-corrected chi connectivity index (χ0v) is 11.9. The molecule has 1 fully saturated rings. The Hall–Kier alpha value is -1.08. The minimum Gasteiger partial charge on any atom is -0.480 e. The lowest BCUT2D eigenvalue weighted by molar-refractivity contribution is -0.144. The molecule has 6 nitrogen and oxygen atoms in total. The Morgan fingerprint density at radius 3 is 3.00 bits per heavy atom. The highest BCUT2D eigenvalue weighted by atomic mass is 32.2. The molecule has 0 bridgehead atoms. The van der Waals surface area contributed by atoms with Gasteiger partial charge in [-0.3, -0.25) is 15.2 Å². The van der Waals surface area contributed by atoms with E-state index in [2.05, 4.69) is 20.5 Å². The lowest BCUT2D eigenvalue weighted by Gasteiger charge is -2.26. The molecular weight excluding hydrogens is 264 g/mol. The monoisotopic (exact) mass is 284 g/mol. The van der Waals surface area contributed by atoms with Crippen LogP contribution in [0.2, 0.25) is 0 Å². The first-order chi connectivity index (χ1) is 9.10. The van der Waals surface area contributed by atoms with Crippen LogP contribution in [0.15, 0.2) is 11.5 Å². The van der Waals surface area contributed by atoms with Crippen molar-refractivity contribution < 1.29 is 9.90 Å². The molecule has 2 rings (SSSR count). The Morgan fingerprint density at radius 1 is 1.63 bits per heavy atom. The van der Waals surface area contributed by atoms with Crippen molar-refractivity contribution in [2.45, 2.75) is 55.8 Å².